The van der Waals surface area contributed by atoms with E-state index in [-0.39, 0.29) is 22.2 Å². The molecule has 33 heavy (non-hydrogen) atoms. The van der Waals surface area contributed by atoms with Crippen LogP contribution in [0.25, 0.3) is 10.1 Å². The Morgan fingerprint density at radius 1 is 1.03 bits per heavy atom. The van der Waals surface area contributed by atoms with Gasteiger partial charge in [-0.15, -0.1) is 11.3 Å². The van der Waals surface area contributed by atoms with Crippen LogP contribution in [0.3, 0.4) is 0 Å². The number of benzene rings is 2. The van der Waals surface area contributed by atoms with E-state index < -0.39 is 26.2 Å². The molecule has 0 saturated carbocycles. The van der Waals surface area contributed by atoms with Crippen molar-refractivity contribution in [2.45, 2.75) is 55.7 Å². The van der Waals surface area contributed by atoms with E-state index >= 15 is 0 Å². The Bertz CT molecular complexity index is 1330. The molecule has 1 unspecified atom stereocenters. The molecule has 0 N–H and O–H groups in total. The van der Waals surface area contributed by atoms with E-state index in [0.29, 0.717) is 23.4 Å². The summed E-state index contributed by atoms with van der Waals surface area (Å²) in [4.78, 5) is 0.0497. The van der Waals surface area contributed by atoms with E-state index in [2.05, 4.69) is 0 Å². The fraction of sp³-hybridized carbons (Fsp3) is 0.391. The first-order chi connectivity index (χ1) is 15.5. The van der Waals surface area contributed by atoms with Gasteiger partial charge < -0.3 is 0 Å². The Morgan fingerprint density at radius 3 is 2.30 bits per heavy atom. The van der Waals surface area contributed by atoms with Crippen molar-refractivity contribution in [1.82, 2.24) is 4.31 Å². The van der Waals surface area contributed by atoms with Crippen LogP contribution in [-0.2, 0) is 24.3 Å². The van der Waals surface area contributed by atoms with E-state index in [9.17, 15) is 16.8 Å². The van der Waals surface area contributed by atoms with Gasteiger partial charge in [-0.25, -0.2) is 8.42 Å². The van der Waals surface area contributed by atoms with Crippen LogP contribution < -0.4 is 0 Å². The maximum absolute atomic E-state index is 13.6. The SMILES string of the molecule is CCCN(CC(CC)OS(=O)(=O)c1ccc(C)cc1)S(=O)(=O)c1sc2ccc(Cl)cc2c1C. The van der Waals surface area contributed by atoms with E-state index in [0.717, 1.165) is 15.6 Å². The number of halogens is 1. The van der Waals surface area contributed by atoms with Crippen molar-refractivity contribution >= 4 is 53.2 Å². The maximum atomic E-state index is 13.6. The van der Waals surface area contributed by atoms with Crippen LogP contribution in [0.2, 0.25) is 5.02 Å². The van der Waals surface area contributed by atoms with Crippen molar-refractivity contribution in [3.8, 4) is 0 Å². The first-order valence-electron chi connectivity index (χ1n) is 10.7. The number of nitrogens with zero attached hydrogens (tertiary/aromatic N) is 1. The summed E-state index contributed by atoms with van der Waals surface area (Å²) in [5.41, 5.74) is 1.57. The molecular formula is C23H28ClNO5S3. The lowest BCUT2D eigenvalue weighted by atomic mass is 10.2. The van der Waals surface area contributed by atoms with Crippen LogP contribution in [0, 0.1) is 13.8 Å². The summed E-state index contributed by atoms with van der Waals surface area (Å²) in [7, 11) is -7.89. The van der Waals surface area contributed by atoms with E-state index in [1.54, 1.807) is 38.1 Å². The van der Waals surface area contributed by atoms with Crippen molar-refractivity contribution < 1.29 is 21.0 Å². The number of thiophene rings is 1. The van der Waals surface area contributed by atoms with Crippen molar-refractivity contribution in [2.24, 2.45) is 0 Å². The summed E-state index contributed by atoms with van der Waals surface area (Å²) in [5, 5.41) is 1.34. The fourth-order valence-electron chi connectivity index (χ4n) is 3.49. The second-order valence-electron chi connectivity index (χ2n) is 7.91. The number of hydrogen-bond donors (Lipinski definition) is 0. The molecule has 0 spiro atoms. The molecule has 6 nitrogen and oxygen atoms in total. The largest absolute Gasteiger partial charge is 0.297 e. The summed E-state index contributed by atoms with van der Waals surface area (Å²) in [6.45, 7) is 7.47. The number of hydrogen-bond acceptors (Lipinski definition) is 6. The topological polar surface area (TPSA) is 80.8 Å². The highest BCUT2D eigenvalue weighted by Gasteiger charge is 2.32. The minimum Gasteiger partial charge on any atom is -0.262 e. The quantitative estimate of drug-likeness (QED) is 0.312. The van der Waals surface area contributed by atoms with Gasteiger partial charge in [-0.1, -0.05) is 43.1 Å². The average molecular weight is 530 g/mol. The van der Waals surface area contributed by atoms with E-state index in [1.165, 1.54) is 27.8 Å². The average Bonchev–Trinajstić information content (AvgIpc) is 3.09. The van der Waals surface area contributed by atoms with Crippen LogP contribution in [0.15, 0.2) is 51.6 Å². The van der Waals surface area contributed by atoms with Gasteiger partial charge in [0.15, 0.2) is 0 Å². The van der Waals surface area contributed by atoms with Gasteiger partial charge in [0.25, 0.3) is 20.1 Å². The minimum atomic E-state index is -4.03. The second-order valence-corrected chi connectivity index (χ2v) is 13.1. The molecule has 0 aliphatic carbocycles. The maximum Gasteiger partial charge on any atom is 0.297 e. The Kier molecular flexibility index (Phi) is 8.24. The molecule has 0 amide bonds. The molecule has 0 fully saturated rings. The smallest absolute Gasteiger partial charge is 0.262 e. The summed E-state index contributed by atoms with van der Waals surface area (Å²) in [6.07, 6.45) is 0.0968. The van der Waals surface area contributed by atoms with Gasteiger partial charge in [0.2, 0.25) is 0 Å². The zero-order chi connectivity index (χ0) is 24.4. The van der Waals surface area contributed by atoms with Crippen molar-refractivity contribution in [3.05, 3.63) is 58.6 Å². The third-order valence-electron chi connectivity index (χ3n) is 5.34. The van der Waals surface area contributed by atoms with Crippen LogP contribution in [-0.4, -0.2) is 40.3 Å². The molecule has 2 aromatic carbocycles. The fourth-order valence-corrected chi connectivity index (χ4v) is 8.24. The Labute approximate surface area is 205 Å². The van der Waals surface area contributed by atoms with Crippen molar-refractivity contribution in [3.63, 3.8) is 0 Å². The molecule has 0 saturated heterocycles. The van der Waals surface area contributed by atoms with Gasteiger partial charge in [0, 0.05) is 22.8 Å². The van der Waals surface area contributed by atoms with Gasteiger partial charge in [0.1, 0.15) is 4.21 Å². The molecule has 1 heterocycles. The molecule has 0 bridgehead atoms. The highest BCUT2D eigenvalue weighted by molar-refractivity contribution is 7.91. The molecule has 0 aliphatic heterocycles. The summed E-state index contributed by atoms with van der Waals surface area (Å²) >= 11 is 7.30. The number of fused-ring (bicyclic) bond motifs is 1. The monoisotopic (exact) mass is 529 g/mol. The van der Waals surface area contributed by atoms with Crippen LogP contribution >= 0.6 is 22.9 Å². The lowest BCUT2D eigenvalue weighted by Crippen LogP contribution is -2.39. The lowest BCUT2D eigenvalue weighted by molar-refractivity contribution is 0.172. The molecule has 180 valence electrons. The molecule has 1 aromatic heterocycles. The van der Waals surface area contributed by atoms with Gasteiger partial charge >= 0.3 is 0 Å². The Hall–Kier alpha value is -1.49. The van der Waals surface area contributed by atoms with Crippen molar-refractivity contribution in [1.29, 1.82) is 0 Å². The predicted octanol–water partition coefficient (Wildman–Crippen LogP) is 5.76. The summed E-state index contributed by atoms with van der Waals surface area (Å²) < 4.78 is 60.7. The predicted molar refractivity (Wildman–Crippen MR) is 134 cm³/mol. The zero-order valence-electron chi connectivity index (χ0n) is 19.0. The first-order valence-corrected chi connectivity index (χ1v) is 14.7. The number of sulfonamides is 1. The first kappa shape index (κ1) is 26.1. The number of aryl methyl sites for hydroxylation is 2. The molecule has 1 atom stereocenters. The van der Waals surface area contributed by atoms with Crippen molar-refractivity contribution in [2.75, 3.05) is 13.1 Å². The summed E-state index contributed by atoms with van der Waals surface area (Å²) in [5.74, 6) is 0. The normalized spacial score (nSPS) is 13.6. The van der Waals surface area contributed by atoms with Crippen LogP contribution in [0.5, 0.6) is 0 Å². The van der Waals surface area contributed by atoms with Gasteiger partial charge in [-0.05, 0) is 68.0 Å². The summed E-state index contributed by atoms with van der Waals surface area (Å²) in [6, 6.07) is 11.7. The lowest BCUT2D eigenvalue weighted by Gasteiger charge is -2.26. The standard InChI is InChI=1S/C23H28ClNO5S3/c1-5-13-25(15-19(6-2)30-33(28,29)20-10-7-16(3)8-11-20)32(26,27)23-17(4)21-14-18(24)9-12-22(21)31-23/h7-12,14,19H,5-6,13,15H2,1-4H3. The molecular weight excluding hydrogens is 502 g/mol. The van der Waals surface area contributed by atoms with Gasteiger partial charge in [-0.3, -0.25) is 4.18 Å². The Morgan fingerprint density at radius 2 is 1.70 bits per heavy atom. The Balaban J connectivity index is 1.91. The molecule has 0 aliphatic rings. The van der Waals surface area contributed by atoms with Gasteiger partial charge in [0.05, 0.1) is 11.0 Å². The third-order valence-corrected chi connectivity index (χ3v) is 10.7. The number of rotatable bonds is 10. The second kappa shape index (κ2) is 10.4. The van der Waals surface area contributed by atoms with E-state index in [1.807, 2.05) is 19.9 Å². The highest BCUT2D eigenvalue weighted by atomic mass is 35.5. The van der Waals surface area contributed by atoms with Gasteiger partial charge in [-0.2, -0.15) is 12.7 Å². The molecule has 10 heteroatoms. The van der Waals surface area contributed by atoms with E-state index in [4.69, 9.17) is 15.8 Å². The van der Waals surface area contributed by atoms with Crippen LogP contribution in [0.4, 0.5) is 0 Å². The minimum absolute atomic E-state index is 0.0497. The molecule has 3 rings (SSSR count). The molecule has 3 aromatic rings. The molecule has 0 radical (unpaired) electrons. The zero-order valence-corrected chi connectivity index (χ0v) is 22.2. The third kappa shape index (κ3) is 5.78. The van der Waals surface area contributed by atoms with Crippen LogP contribution in [0.1, 0.15) is 37.8 Å². The highest BCUT2D eigenvalue weighted by Crippen LogP contribution is 2.37.